The summed E-state index contributed by atoms with van der Waals surface area (Å²) >= 11 is 17.0. The summed E-state index contributed by atoms with van der Waals surface area (Å²) in [5.41, 5.74) is 5.55. The monoisotopic (exact) mass is 784 g/mol. The van der Waals surface area contributed by atoms with Crippen molar-refractivity contribution in [3.8, 4) is 0 Å². The quantitative estimate of drug-likeness (QED) is 0.128. The van der Waals surface area contributed by atoms with Crippen molar-refractivity contribution in [1.29, 1.82) is 0 Å². The summed E-state index contributed by atoms with van der Waals surface area (Å²) in [6.45, 7) is 2.95. The first-order valence-electron chi connectivity index (χ1n) is 16.9. The fourth-order valence-corrected chi connectivity index (χ4v) is 5.99. The molecule has 2 fully saturated rings. The Labute approximate surface area is 320 Å². The van der Waals surface area contributed by atoms with Crippen LogP contribution < -0.4 is 0 Å². The molecule has 0 N–H and O–H groups in total. The number of likely N-dealkylation sites (N-methyl/N-ethyl adjacent to an activating group) is 1. The van der Waals surface area contributed by atoms with E-state index in [1.807, 2.05) is 24.1 Å². The highest BCUT2D eigenvalue weighted by Crippen LogP contribution is 2.34. The van der Waals surface area contributed by atoms with Crippen LogP contribution in [-0.2, 0) is 48.2 Å². The van der Waals surface area contributed by atoms with Crippen molar-refractivity contribution >= 4 is 52.7 Å². The Kier molecular flexibility index (Phi) is 12.5. The number of halogens is 4. The number of carbonyl (C=O) groups excluding carboxylic acids is 3. The number of nitrogens with zero attached hydrogens (tertiary/aromatic N) is 6. The van der Waals surface area contributed by atoms with Crippen molar-refractivity contribution in [2.75, 3.05) is 26.9 Å². The van der Waals surface area contributed by atoms with E-state index in [9.17, 15) is 18.8 Å². The molecule has 0 bridgehead atoms. The number of hydrogen-bond donors (Lipinski definition) is 0. The van der Waals surface area contributed by atoms with E-state index in [0.29, 0.717) is 55.3 Å². The molecule has 8 rings (SSSR count). The maximum atomic E-state index is 13.4. The number of carbonyl (C=O) groups is 3. The first kappa shape index (κ1) is 38.0. The molecule has 0 spiro atoms. The number of rotatable bonds is 11. The minimum Gasteiger partial charge on any atom is -0.456 e. The van der Waals surface area contributed by atoms with E-state index in [4.69, 9.17) is 49.0 Å². The van der Waals surface area contributed by atoms with Crippen LogP contribution >= 0.6 is 34.8 Å². The van der Waals surface area contributed by atoms with Gasteiger partial charge in [0, 0.05) is 75.6 Å². The molecule has 0 unspecified atom stereocenters. The summed E-state index contributed by atoms with van der Waals surface area (Å²) in [7, 11) is 1.91. The largest absolute Gasteiger partial charge is 0.456 e. The van der Waals surface area contributed by atoms with Gasteiger partial charge in [-0.3, -0.25) is 0 Å². The fraction of sp³-hybridized carbons (Fsp3) is 0.351. The van der Waals surface area contributed by atoms with Crippen molar-refractivity contribution in [1.82, 2.24) is 29.7 Å². The number of hydrogen-bond acceptors (Lipinski definition) is 12. The lowest BCUT2D eigenvalue weighted by Crippen LogP contribution is -2.26. The van der Waals surface area contributed by atoms with Crippen LogP contribution in [-0.4, -0.2) is 86.5 Å². The standard InChI is InChI=1S/C13H12ClFN2O2.C13H13ClN2O2.C11H11ClN2O2/c14-13-11(15)3-8(5-16-13)6-17(9-1-2-9)10-4-12(18)19-7-10;14-12-4-1-9(6-15-12)7-16(10-2-3-10)11-5-13(17)18-8-11;1-14(9-4-11(15)16-7-9)6-8-2-3-10(12)13-5-8/h3-5,9H,1-2,6-7H2;1,4-6,10H,2-3,7-8H2;2-5H,6-7H2,1H3. The van der Waals surface area contributed by atoms with Crippen LogP contribution in [0.25, 0.3) is 0 Å². The molecule has 6 heterocycles. The lowest BCUT2D eigenvalue weighted by Gasteiger charge is -2.24. The predicted molar refractivity (Wildman–Crippen MR) is 193 cm³/mol. The molecule has 0 atom stereocenters. The fourth-order valence-electron chi connectivity index (χ4n) is 5.66. The molecule has 2 aliphatic carbocycles. The van der Waals surface area contributed by atoms with Crippen LogP contribution in [0.2, 0.25) is 15.5 Å². The minimum atomic E-state index is -0.525. The van der Waals surface area contributed by atoms with Gasteiger partial charge in [0.25, 0.3) is 0 Å². The normalized spacial score (nSPS) is 17.2. The molecule has 0 radical (unpaired) electrons. The van der Waals surface area contributed by atoms with Crippen molar-refractivity contribution < 1.29 is 33.0 Å². The molecule has 5 aliphatic rings. The van der Waals surface area contributed by atoms with Crippen molar-refractivity contribution in [2.45, 2.75) is 57.4 Å². The lowest BCUT2D eigenvalue weighted by atomic mass is 10.2. The summed E-state index contributed by atoms with van der Waals surface area (Å²) in [5.74, 6) is -1.37. The first-order valence-corrected chi connectivity index (χ1v) is 18.0. The van der Waals surface area contributed by atoms with Gasteiger partial charge in [-0.05, 0) is 60.6 Å². The van der Waals surface area contributed by atoms with E-state index < -0.39 is 5.82 Å². The van der Waals surface area contributed by atoms with Gasteiger partial charge in [0.2, 0.25) is 0 Å². The van der Waals surface area contributed by atoms with Gasteiger partial charge >= 0.3 is 17.9 Å². The summed E-state index contributed by atoms with van der Waals surface area (Å²) in [6, 6.07) is 9.71. The van der Waals surface area contributed by atoms with Crippen LogP contribution in [0.1, 0.15) is 42.4 Å². The highest BCUT2D eigenvalue weighted by Gasteiger charge is 2.34. The predicted octanol–water partition coefficient (Wildman–Crippen LogP) is 6.03. The van der Waals surface area contributed by atoms with Gasteiger partial charge in [0.05, 0.1) is 17.1 Å². The van der Waals surface area contributed by atoms with Crippen LogP contribution in [0.4, 0.5) is 4.39 Å². The third-order valence-electron chi connectivity index (χ3n) is 8.70. The lowest BCUT2D eigenvalue weighted by molar-refractivity contribution is -0.136. The Morgan fingerprint density at radius 2 is 1.08 bits per heavy atom. The second-order valence-corrected chi connectivity index (χ2v) is 14.0. The van der Waals surface area contributed by atoms with Crippen LogP contribution in [0.5, 0.6) is 0 Å². The van der Waals surface area contributed by atoms with Gasteiger partial charge in [0.1, 0.15) is 30.1 Å². The number of aromatic nitrogens is 3. The van der Waals surface area contributed by atoms with Gasteiger partial charge in [-0.1, -0.05) is 46.9 Å². The Hall–Kier alpha value is -4.72. The molecule has 53 heavy (non-hydrogen) atoms. The van der Waals surface area contributed by atoms with E-state index in [2.05, 4.69) is 24.8 Å². The van der Waals surface area contributed by atoms with Crippen LogP contribution in [0.3, 0.4) is 0 Å². The Bertz CT molecular complexity index is 1920. The van der Waals surface area contributed by atoms with E-state index in [-0.39, 0.29) is 23.1 Å². The third kappa shape index (κ3) is 11.1. The number of ether oxygens (including phenoxy) is 3. The number of cyclic esters (lactones) is 3. The molecule has 2 saturated carbocycles. The molecule has 0 saturated heterocycles. The zero-order valence-corrected chi connectivity index (χ0v) is 31.0. The van der Waals surface area contributed by atoms with Gasteiger partial charge < -0.3 is 28.9 Å². The molecule has 12 nitrogen and oxygen atoms in total. The van der Waals surface area contributed by atoms with Gasteiger partial charge in [-0.15, -0.1) is 0 Å². The molecule has 278 valence electrons. The van der Waals surface area contributed by atoms with Crippen molar-refractivity contribution in [2.24, 2.45) is 0 Å². The maximum absolute atomic E-state index is 13.4. The van der Waals surface area contributed by atoms with E-state index in [1.165, 1.54) is 31.1 Å². The zero-order chi connectivity index (χ0) is 37.5. The minimum absolute atomic E-state index is 0.125. The number of pyridine rings is 3. The Morgan fingerprint density at radius 3 is 1.47 bits per heavy atom. The van der Waals surface area contributed by atoms with E-state index >= 15 is 0 Å². The number of esters is 3. The molecular weight excluding hydrogens is 750 g/mol. The third-order valence-corrected chi connectivity index (χ3v) is 9.42. The SMILES string of the molecule is CN(Cc1ccc(Cl)nc1)C1=CC(=O)OC1.O=C1C=C(N(Cc2ccc(Cl)nc2)C2CC2)CO1.O=C1C=C(N(Cc2cnc(Cl)c(F)c2)C2CC2)CO1. The second-order valence-electron chi connectivity index (χ2n) is 12.9. The zero-order valence-electron chi connectivity index (χ0n) is 28.7. The van der Waals surface area contributed by atoms with Crippen molar-refractivity contribution in [3.63, 3.8) is 0 Å². The maximum Gasteiger partial charge on any atom is 0.333 e. The highest BCUT2D eigenvalue weighted by atomic mass is 35.5. The summed E-state index contributed by atoms with van der Waals surface area (Å²) in [5, 5.41) is 0.848. The smallest absolute Gasteiger partial charge is 0.333 e. The first-order chi connectivity index (χ1) is 25.5. The van der Waals surface area contributed by atoms with Crippen LogP contribution in [0, 0.1) is 5.82 Å². The summed E-state index contributed by atoms with van der Waals surface area (Å²) in [4.78, 5) is 51.3. The summed E-state index contributed by atoms with van der Waals surface area (Å²) < 4.78 is 28.1. The van der Waals surface area contributed by atoms with E-state index in [1.54, 1.807) is 36.8 Å². The topological polar surface area (TPSA) is 127 Å². The van der Waals surface area contributed by atoms with Crippen molar-refractivity contribution in [3.05, 3.63) is 122 Å². The van der Waals surface area contributed by atoms with Gasteiger partial charge in [-0.25, -0.2) is 33.7 Å². The van der Waals surface area contributed by atoms with Gasteiger partial charge in [0.15, 0.2) is 11.0 Å². The Morgan fingerprint density at radius 1 is 0.642 bits per heavy atom. The molecular formula is C37H36Cl3FN6O6. The van der Waals surface area contributed by atoms with Crippen LogP contribution in [0.15, 0.2) is 84.2 Å². The molecule has 0 aromatic carbocycles. The highest BCUT2D eigenvalue weighted by molar-refractivity contribution is 6.29. The Balaban J connectivity index is 0.000000137. The molecule has 3 aliphatic heterocycles. The molecule has 3 aromatic rings. The average Bonchev–Trinajstić information content (AvgIpc) is 4.04. The van der Waals surface area contributed by atoms with Gasteiger partial charge in [-0.2, -0.15) is 0 Å². The molecule has 16 heteroatoms. The molecule has 3 aromatic heterocycles. The summed E-state index contributed by atoms with van der Waals surface area (Å²) in [6.07, 6.45) is 14.1. The molecule has 0 amide bonds. The van der Waals surface area contributed by atoms with E-state index in [0.717, 1.165) is 53.2 Å². The average molecular weight is 786 g/mol. The second kappa shape index (κ2) is 17.4.